The van der Waals surface area contributed by atoms with Crippen LogP contribution in [0.15, 0.2) is 55.0 Å². The van der Waals surface area contributed by atoms with Crippen LogP contribution >= 0.6 is 12.6 Å². The molecule has 0 aliphatic carbocycles. The lowest BCUT2D eigenvalue weighted by Gasteiger charge is -2.34. The molecule has 2 aromatic heterocycles. The molecule has 0 aliphatic heterocycles. The predicted octanol–water partition coefficient (Wildman–Crippen LogP) is 5.41. The number of aliphatic hydroxyl groups is 1. The number of halogens is 3. The van der Waals surface area contributed by atoms with Gasteiger partial charge in [0.1, 0.15) is 11.5 Å². The molecule has 0 radical (unpaired) electrons. The molecule has 1 N–H and O–H groups in total. The molecule has 0 saturated heterocycles. The molecule has 2 heterocycles. The third kappa shape index (κ3) is 5.59. The molecular formula is C25H26F3N5O3S. The molecule has 4 rings (SSSR count). The van der Waals surface area contributed by atoms with E-state index in [4.69, 9.17) is 9.47 Å². The van der Waals surface area contributed by atoms with E-state index in [1.165, 1.54) is 31.3 Å². The van der Waals surface area contributed by atoms with Gasteiger partial charge in [-0.1, -0.05) is 0 Å². The number of methoxy groups -OCH3 is 2. The van der Waals surface area contributed by atoms with E-state index < -0.39 is 17.7 Å². The molecule has 8 nitrogen and oxygen atoms in total. The summed E-state index contributed by atoms with van der Waals surface area (Å²) in [4.78, 5) is 7.07. The van der Waals surface area contributed by atoms with Gasteiger partial charge >= 0.3 is 6.18 Å². The fourth-order valence-electron chi connectivity index (χ4n) is 3.65. The first-order chi connectivity index (χ1) is 17.4. The Morgan fingerprint density at radius 1 is 1.00 bits per heavy atom. The monoisotopic (exact) mass is 533 g/mol. The van der Waals surface area contributed by atoms with Crippen LogP contribution in [0.25, 0.3) is 22.3 Å². The SMILES string of the molecule is COc1cc(OC)cc(N(CC(O)(S)C(F)(F)F)c2ccc3ncc(-c4cnn(C(C)C)c4)nc3c2)c1. The van der Waals surface area contributed by atoms with Gasteiger partial charge in [0.15, 0.2) is 0 Å². The van der Waals surface area contributed by atoms with Crippen molar-refractivity contribution in [1.82, 2.24) is 19.7 Å². The van der Waals surface area contributed by atoms with Crippen LogP contribution in [0.1, 0.15) is 19.9 Å². The van der Waals surface area contributed by atoms with Crippen molar-refractivity contribution in [1.29, 1.82) is 0 Å². The Labute approximate surface area is 217 Å². The Morgan fingerprint density at radius 3 is 2.24 bits per heavy atom. The van der Waals surface area contributed by atoms with Gasteiger partial charge in [0.2, 0.25) is 4.93 Å². The standard InChI is InChI=1S/C25H26F3N5O3S/c1-15(2)33-13-16(11-30-33)23-12-29-21-6-5-17(9-22(21)31-23)32(14-24(34,37)25(26,27)28)18-7-19(35-3)10-20(8-18)36-4/h5-13,15,34,37H,14H2,1-4H3. The summed E-state index contributed by atoms with van der Waals surface area (Å²) in [5.41, 5.74) is 2.92. The summed E-state index contributed by atoms with van der Waals surface area (Å²) in [5.74, 6) is 0.721. The summed E-state index contributed by atoms with van der Waals surface area (Å²) >= 11 is 3.55. The minimum atomic E-state index is -5.00. The summed E-state index contributed by atoms with van der Waals surface area (Å²) < 4.78 is 53.3. The minimum absolute atomic E-state index is 0.163. The molecule has 0 bridgehead atoms. The molecule has 37 heavy (non-hydrogen) atoms. The highest BCUT2D eigenvalue weighted by Crippen LogP contribution is 2.40. The van der Waals surface area contributed by atoms with E-state index in [2.05, 4.69) is 27.7 Å². The van der Waals surface area contributed by atoms with E-state index in [1.54, 1.807) is 41.3 Å². The second-order valence-corrected chi connectivity index (χ2v) is 9.44. The second-order valence-electron chi connectivity index (χ2n) is 8.70. The lowest BCUT2D eigenvalue weighted by atomic mass is 10.1. The topological polar surface area (TPSA) is 85.5 Å². The smallest absolute Gasteiger partial charge is 0.428 e. The van der Waals surface area contributed by atoms with Crippen LogP contribution in [0.4, 0.5) is 24.5 Å². The van der Waals surface area contributed by atoms with Crippen molar-refractivity contribution in [3.63, 3.8) is 0 Å². The van der Waals surface area contributed by atoms with E-state index in [-0.39, 0.29) is 11.7 Å². The van der Waals surface area contributed by atoms with Gasteiger partial charge in [0.05, 0.1) is 49.9 Å². The number of rotatable bonds is 8. The molecular weight excluding hydrogens is 507 g/mol. The summed E-state index contributed by atoms with van der Waals surface area (Å²) in [6.45, 7) is 3.08. The number of thiol groups is 1. The number of aromatic nitrogens is 4. The van der Waals surface area contributed by atoms with E-state index >= 15 is 0 Å². The third-order valence-corrected chi connectivity index (χ3v) is 6.14. The molecule has 0 spiro atoms. The van der Waals surface area contributed by atoms with Gasteiger partial charge in [0.25, 0.3) is 0 Å². The quantitative estimate of drug-likeness (QED) is 0.231. The molecule has 0 amide bonds. The van der Waals surface area contributed by atoms with Gasteiger partial charge in [-0.15, -0.1) is 12.6 Å². The molecule has 0 aliphatic rings. The molecule has 1 unspecified atom stereocenters. The zero-order valence-electron chi connectivity index (χ0n) is 20.6. The lowest BCUT2D eigenvalue weighted by Crippen LogP contribution is -2.48. The first-order valence-corrected chi connectivity index (χ1v) is 11.7. The Bertz CT molecular complexity index is 1390. The van der Waals surface area contributed by atoms with Crippen molar-refractivity contribution in [2.75, 3.05) is 25.7 Å². The van der Waals surface area contributed by atoms with Crippen LogP contribution in [0.5, 0.6) is 11.5 Å². The number of fused-ring (bicyclic) bond motifs is 1. The summed E-state index contributed by atoms with van der Waals surface area (Å²) in [7, 11) is 2.87. The highest BCUT2D eigenvalue weighted by molar-refractivity contribution is 7.81. The molecule has 2 aromatic carbocycles. The molecule has 1 atom stereocenters. The van der Waals surface area contributed by atoms with Crippen molar-refractivity contribution in [2.24, 2.45) is 0 Å². The van der Waals surface area contributed by atoms with E-state index in [0.717, 1.165) is 5.56 Å². The van der Waals surface area contributed by atoms with Gasteiger partial charge in [-0.05, 0) is 32.0 Å². The highest BCUT2D eigenvalue weighted by Gasteiger charge is 2.52. The van der Waals surface area contributed by atoms with Crippen LogP contribution in [-0.4, -0.2) is 56.7 Å². The Balaban J connectivity index is 1.83. The Kier molecular flexibility index (Phi) is 7.24. The van der Waals surface area contributed by atoms with E-state index in [0.29, 0.717) is 33.9 Å². The molecule has 12 heteroatoms. The number of benzene rings is 2. The van der Waals surface area contributed by atoms with Crippen LogP contribution in [-0.2, 0) is 0 Å². The number of hydrogen-bond donors (Lipinski definition) is 2. The Morgan fingerprint density at radius 2 is 1.68 bits per heavy atom. The highest BCUT2D eigenvalue weighted by atomic mass is 32.1. The van der Waals surface area contributed by atoms with Gasteiger partial charge in [0, 0.05) is 47.4 Å². The molecule has 196 valence electrons. The summed E-state index contributed by atoms with van der Waals surface area (Å²) in [6, 6.07) is 9.67. The fraction of sp³-hybridized carbons (Fsp3) is 0.320. The van der Waals surface area contributed by atoms with Crippen molar-refractivity contribution in [3.05, 3.63) is 55.0 Å². The maximum absolute atomic E-state index is 13.6. The van der Waals surface area contributed by atoms with Crippen molar-refractivity contribution in [3.8, 4) is 22.8 Å². The zero-order valence-corrected chi connectivity index (χ0v) is 21.5. The maximum Gasteiger partial charge on any atom is 0.428 e. The normalized spacial score (nSPS) is 13.6. The van der Waals surface area contributed by atoms with Crippen LogP contribution < -0.4 is 14.4 Å². The molecule has 4 aromatic rings. The van der Waals surface area contributed by atoms with Crippen molar-refractivity contribution in [2.45, 2.75) is 31.0 Å². The third-order valence-electron chi connectivity index (χ3n) is 5.74. The van der Waals surface area contributed by atoms with Gasteiger partial charge in [-0.2, -0.15) is 18.3 Å². The van der Waals surface area contributed by atoms with Crippen LogP contribution in [0, 0.1) is 0 Å². The first-order valence-electron chi connectivity index (χ1n) is 11.3. The molecule has 0 fully saturated rings. The summed E-state index contributed by atoms with van der Waals surface area (Å²) in [6.07, 6.45) is 0.143. The number of ether oxygens (including phenoxy) is 2. The average molecular weight is 534 g/mol. The van der Waals surface area contributed by atoms with Crippen molar-refractivity contribution < 1.29 is 27.8 Å². The number of nitrogens with zero attached hydrogens (tertiary/aromatic N) is 5. The number of hydrogen-bond acceptors (Lipinski definition) is 8. The van der Waals surface area contributed by atoms with E-state index in [1.807, 2.05) is 20.0 Å². The maximum atomic E-state index is 13.6. The van der Waals surface area contributed by atoms with Crippen LogP contribution in [0.3, 0.4) is 0 Å². The van der Waals surface area contributed by atoms with Gasteiger partial charge in [-0.3, -0.25) is 9.67 Å². The Hall–Kier alpha value is -3.51. The number of anilines is 2. The first kappa shape index (κ1) is 26.6. The van der Waals surface area contributed by atoms with Gasteiger partial charge in [-0.25, -0.2) is 4.98 Å². The zero-order chi connectivity index (χ0) is 27.0. The average Bonchev–Trinajstić information content (AvgIpc) is 3.36. The summed E-state index contributed by atoms with van der Waals surface area (Å²) in [5, 5.41) is 14.6. The number of alkyl halides is 3. The second kappa shape index (κ2) is 10.1. The molecule has 0 saturated carbocycles. The predicted molar refractivity (Wildman–Crippen MR) is 138 cm³/mol. The van der Waals surface area contributed by atoms with E-state index in [9.17, 15) is 18.3 Å². The van der Waals surface area contributed by atoms with Crippen molar-refractivity contribution >= 4 is 35.0 Å². The van der Waals surface area contributed by atoms with Gasteiger partial charge < -0.3 is 19.5 Å². The van der Waals surface area contributed by atoms with Crippen LogP contribution in [0.2, 0.25) is 0 Å². The minimum Gasteiger partial charge on any atom is -0.497 e. The fourth-order valence-corrected chi connectivity index (χ4v) is 3.79. The lowest BCUT2D eigenvalue weighted by molar-refractivity contribution is -0.215. The largest absolute Gasteiger partial charge is 0.497 e.